The molecule has 1 aromatic carbocycles. The van der Waals surface area contributed by atoms with Crippen LogP contribution in [-0.4, -0.2) is 7.05 Å². The van der Waals surface area contributed by atoms with Gasteiger partial charge in [-0.1, -0.05) is 24.6 Å². The summed E-state index contributed by atoms with van der Waals surface area (Å²) in [4.78, 5) is 0. The molecular formula is C14H19ClFN. The van der Waals surface area contributed by atoms with Gasteiger partial charge in [0.25, 0.3) is 0 Å². The minimum absolute atomic E-state index is 0.217. The fraction of sp³-hybridized carbons (Fsp3) is 0.571. The van der Waals surface area contributed by atoms with Crippen LogP contribution in [0.2, 0.25) is 5.02 Å². The molecule has 2 rings (SSSR count). The Hall–Kier alpha value is -0.600. The third-order valence-corrected chi connectivity index (χ3v) is 4.14. The third-order valence-electron chi connectivity index (χ3n) is 3.82. The summed E-state index contributed by atoms with van der Waals surface area (Å²) in [7, 11) is 1.94. The van der Waals surface area contributed by atoms with Gasteiger partial charge < -0.3 is 5.32 Å². The van der Waals surface area contributed by atoms with Crippen molar-refractivity contribution in [1.29, 1.82) is 0 Å². The van der Waals surface area contributed by atoms with Crippen molar-refractivity contribution in [2.24, 2.45) is 11.8 Å². The third kappa shape index (κ3) is 2.63. The van der Waals surface area contributed by atoms with Gasteiger partial charge in [-0.2, -0.15) is 0 Å². The van der Waals surface area contributed by atoms with Gasteiger partial charge in [-0.25, -0.2) is 4.39 Å². The van der Waals surface area contributed by atoms with Crippen molar-refractivity contribution in [3.05, 3.63) is 34.1 Å². The molecule has 0 radical (unpaired) electrons. The number of benzene rings is 1. The number of hydrogen-bond acceptors (Lipinski definition) is 1. The van der Waals surface area contributed by atoms with Gasteiger partial charge >= 0.3 is 0 Å². The second-order valence-corrected chi connectivity index (χ2v) is 5.49. The number of halogens is 2. The van der Waals surface area contributed by atoms with Crippen molar-refractivity contribution < 1.29 is 4.39 Å². The van der Waals surface area contributed by atoms with E-state index in [-0.39, 0.29) is 11.9 Å². The summed E-state index contributed by atoms with van der Waals surface area (Å²) in [5.41, 5.74) is 1.68. The number of nitrogens with one attached hydrogen (secondary N) is 1. The number of aryl methyl sites for hydroxylation is 1. The van der Waals surface area contributed by atoms with Gasteiger partial charge in [-0.15, -0.1) is 0 Å². The normalized spacial score (nSPS) is 19.1. The zero-order valence-corrected chi connectivity index (χ0v) is 11.3. The van der Waals surface area contributed by atoms with Crippen LogP contribution in [0.1, 0.15) is 36.9 Å². The summed E-state index contributed by atoms with van der Waals surface area (Å²) in [6, 6.07) is 3.52. The molecule has 1 saturated carbocycles. The van der Waals surface area contributed by atoms with Crippen molar-refractivity contribution in [1.82, 2.24) is 5.32 Å². The van der Waals surface area contributed by atoms with Gasteiger partial charge in [0, 0.05) is 11.1 Å². The standard InChI is InChI=1S/C14H19ClFN/c1-8-6-11(12(15)7-13(8)16)14(17-3)9(2)10-4-5-10/h6-7,9-10,14,17H,4-5H2,1-3H3. The van der Waals surface area contributed by atoms with Gasteiger partial charge in [-0.05, 0) is 55.8 Å². The average Bonchev–Trinajstić information content (AvgIpc) is 3.09. The molecule has 0 amide bonds. The first-order chi connectivity index (χ1) is 8.04. The van der Waals surface area contributed by atoms with Crippen LogP contribution in [0.5, 0.6) is 0 Å². The molecule has 1 aliphatic carbocycles. The van der Waals surface area contributed by atoms with Crippen LogP contribution in [0.25, 0.3) is 0 Å². The zero-order chi connectivity index (χ0) is 12.6. The Kier molecular flexibility index (Phi) is 3.74. The van der Waals surface area contributed by atoms with Gasteiger partial charge in [0.05, 0.1) is 0 Å². The summed E-state index contributed by atoms with van der Waals surface area (Å²) >= 11 is 6.16. The van der Waals surface area contributed by atoms with Crippen molar-refractivity contribution >= 4 is 11.6 Å². The summed E-state index contributed by atoms with van der Waals surface area (Å²) in [5.74, 6) is 1.10. The highest BCUT2D eigenvalue weighted by molar-refractivity contribution is 6.31. The smallest absolute Gasteiger partial charge is 0.127 e. The van der Waals surface area contributed by atoms with E-state index < -0.39 is 0 Å². The maximum atomic E-state index is 13.4. The van der Waals surface area contributed by atoms with E-state index in [2.05, 4.69) is 12.2 Å². The molecular weight excluding hydrogens is 237 g/mol. The Morgan fingerprint density at radius 1 is 1.41 bits per heavy atom. The highest BCUT2D eigenvalue weighted by Crippen LogP contribution is 2.43. The summed E-state index contributed by atoms with van der Waals surface area (Å²) in [6.07, 6.45) is 2.61. The van der Waals surface area contributed by atoms with Crippen LogP contribution in [-0.2, 0) is 0 Å². The van der Waals surface area contributed by atoms with E-state index in [1.54, 1.807) is 6.92 Å². The lowest BCUT2D eigenvalue weighted by atomic mass is 9.90. The molecule has 0 aliphatic heterocycles. The molecule has 2 atom stereocenters. The fourth-order valence-electron chi connectivity index (χ4n) is 2.51. The van der Waals surface area contributed by atoms with Crippen LogP contribution >= 0.6 is 11.6 Å². The molecule has 2 unspecified atom stereocenters. The Morgan fingerprint density at radius 3 is 2.59 bits per heavy atom. The molecule has 0 heterocycles. The van der Waals surface area contributed by atoms with Gasteiger partial charge in [-0.3, -0.25) is 0 Å². The lowest BCUT2D eigenvalue weighted by Gasteiger charge is -2.25. The Bertz CT molecular complexity index is 415. The fourth-order valence-corrected chi connectivity index (χ4v) is 2.78. The Balaban J connectivity index is 2.32. The van der Waals surface area contributed by atoms with Gasteiger partial charge in [0.15, 0.2) is 0 Å². The van der Waals surface area contributed by atoms with E-state index in [4.69, 9.17) is 11.6 Å². The molecule has 94 valence electrons. The molecule has 3 heteroatoms. The van der Waals surface area contributed by atoms with Crippen molar-refractivity contribution in [2.45, 2.75) is 32.7 Å². The van der Waals surface area contributed by atoms with E-state index in [0.29, 0.717) is 16.5 Å². The number of rotatable bonds is 4. The van der Waals surface area contributed by atoms with Crippen LogP contribution in [0.3, 0.4) is 0 Å². The molecule has 0 saturated heterocycles. The zero-order valence-electron chi connectivity index (χ0n) is 10.6. The van der Waals surface area contributed by atoms with E-state index >= 15 is 0 Å². The minimum atomic E-state index is -0.229. The van der Waals surface area contributed by atoms with E-state index in [0.717, 1.165) is 11.5 Å². The predicted octanol–water partition coefficient (Wildman–Crippen LogP) is 4.09. The van der Waals surface area contributed by atoms with Crippen molar-refractivity contribution in [2.75, 3.05) is 7.05 Å². The molecule has 1 aromatic rings. The molecule has 17 heavy (non-hydrogen) atoms. The first kappa shape index (κ1) is 12.8. The van der Waals surface area contributed by atoms with Gasteiger partial charge in [0.1, 0.15) is 5.82 Å². The van der Waals surface area contributed by atoms with Crippen LogP contribution < -0.4 is 5.32 Å². The Morgan fingerprint density at radius 2 is 2.06 bits per heavy atom. The van der Waals surface area contributed by atoms with Crippen LogP contribution in [0.4, 0.5) is 4.39 Å². The lowest BCUT2D eigenvalue weighted by molar-refractivity contribution is 0.368. The second-order valence-electron chi connectivity index (χ2n) is 5.09. The predicted molar refractivity (Wildman–Crippen MR) is 69.8 cm³/mol. The average molecular weight is 256 g/mol. The van der Waals surface area contributed by atoms with E-state index in [9.17, 15) is 4.39 Å². The number of hydrogen-bond donors (Lipinski definition) is 1. The molecule has 1 nitrogen and oxygen atoms in total. The molecule has 0 bridgehead atoms. The first-order valence-corrected chi connectivity index (χ1v) is 6.55. The maximum absolute atomic E-state index is 13.4. The topological polar surface area (TPSA) is 12.0 Å². The van der Waals surface area contributed by atoms with Crippen LogP contribution in [0.15, 0.2) is 12.1 Å². The molecule has 0 aromatic heterocycles. The SMILES string of the molecule is CNC(c1cc(C)c(F)cc1Cl)C(C)C1CC1. The quantitative estimate of drug-likeness (QED) is 0.854. The highest BCUT2D eigenvalue weighted by atomic mass is 35.5. The molecule has 0 spiro atoms. The minimum Gasteiger partial charge on any atom is -0.313 e. The lowest BCUT2D eigenvalue weighted by Crippen LogP contribution is -2.25. The maximum Gasteiger partial charge on any atom is 0.127 e. The molecule has 1 aliphatic rings. The van der Waals surface area contributed by atoms with E-state index in [1.807, 2.05) is 13.1 Å². The van der Waals surface area contributed by atoms with E-state index in [1.165, 1.54) is 18.9 Å². The molecule has 1 N–H and O–H groups in total. The van der Waals surface area contributed by atoms with Gasteiger partial charge in [0.2, 0.25) is 0 Å². The highest BCUT2D eigenvalue weighted by Gasteiger charge is 2.34. The van der Waals surface area contributed by atoms with Crippen molar-refractivity contribution in [3.63, 3.8) is 0 Å². The largest absolute Gasteiger partial charge is 0.313 e. The second kappa shape index (κ2) is 4.95. The summed E-state index contributed by atoms with van der Waals surface area (Å²) in [5, 5.41) is 3.85. The van der Waals surface area contributed by atoms with Crippen molar-refractivity contribution in [3.8, 4) is 0 Å². The van der Waals surface area contributed by atoms with Crippen LogP contribution in [0, 0.1) is 24.6 Å². The summed E-state index contributed by atoms with van der Waals surface area (Å²) < 4.78 is 13.4. The molecule has 1 fully saturated rings. The Labute approximate surface area is 107 Å². The summed E-state index contributed by atoms with van der Waals surface area (Å²) in [6.45, 7) is 4.03. The first-order valence-electron chi connectivity index (χ1n) is 6.17. The monoisotopic (exact) mass is 255 g/mol.